The first-order valence-electron chi connectivity index (χ1n) is 7.22. The number of nitriles is 1. The molecule has 0 fully saturated rings. The van der Waals surface area contributed by atoms with Gasteiger partial charge >= 0.3 is 5.97 Å². The Hall–Kier alpha value is -3.18. The van der Waals surface area contributed by atoms with E-state index in [-0.39, 0.29) is 17.0 Å². The predicted molar refractivity (Wildman–Crippen MR) is 95.9 cm³/mol. The van der Waals surface area contributed by atoms with Gasteiger partial charge in [0.05, 0.1) is 5.69 Å². The highest BCUT2D eigenvalue weighted by molar-refractivity contribution is 9.10. The summed E-state index contributed by atoms with van der Waals surface area (Å²) < 4.78 is 19.4. The molecule has 1 amide bonds. The second-order valence-electron chi connectivity index (χ2n) is 4.97. The van der Waals surface area contributed by atoms with Crippen LogP contribution in [0.1, 0.15) is 5.56 Å². The lowest BCUT2D eigenvalue weighted by atomic mass is 10.1. The summed E-state index contributed by atoms with van der Waals surface area (Å²) in [7, 11) is 0. The average Bonchev–Trinajstić information content (AvgIpc) is 2.60. The third kappa shape index (κ3) is 5.16. The highest BCUT2D eigenvalue weighted by atomic mass is 79.9. The first kappa shape index (κ1) is 19.1. The van der Waals surface area contributed by atoms with Crippen molar-refractivity contribution in [3.63, 3.8) is 0 Å². The lowest BCUT2D eigenvalue weighted by Gasteiger charge is -2.09. The number of anilines is 1. The topological polar surface area (TPSA) is 99.4 Å². The fourth-order valence-electron chi connectivity index (χ4n) is 1.96. The van der Waals surface area contributed by atoms with Crippen molar-refractivity contribution in [2.45, 2.75) is 0 Å². The number of hydrogen-bond acceptors (Lipinski definition) is 4. The van der Waals surface area contributed by atoms with Crippen molar-refractivity contribution >= 4 is 39.6 Å². The number of nitrogens with zero attached hydrogens (tertiary/aromatic N) is 1. The molecule has 0 bridgehead atoms. The van der Waals surface area contributed by atoms with Crippen molar-refractivity contribution in [3.05, 3.63) is 63.9 Å². The Morgan fingerprint density at radius 2 is 2.04 bits per heavy atom. The van der Waals surface area contributed by atoms with Gasteiger partial charge in [0.2, 0.25) is 0 Å². The van der Waals surface area contributed by atoms with Crippen LogP contribution in [-0.4, -0.2) is 23.6 Å². The Balaban J connectivity index is 2.31. The number of benzene rings is 2. The van der Waals surface area contributed by atoms with E-state index in [1.807, 2.05) is 0 Å². The quantitative estimate of drug-likeness (QED) is 0.551. The molecule has 0 aliphatic rings. The van der Waals surface area contributed by atoms with E-state index in [9.17, 15) is 19.2 Å². The van der Waals surface area contributed by atoms with Gasteiger partial charge in [0.15, 0.2) is 6.61 Å². The molecule has 0 radical (unpaired) electrons. The maximum Gasteiger partial charge on any atom is 0.341 e. The summed E-state index contributed by atoms with van der Waals surface area (Å²) in [4.78, 5) is 22.9. The van der Waals surface area contributed by atoms with Crippen LogP contribution in [0.4, 0.5) is 10.1 Å². The molecule has 6 nitrogen and oxygen atoms in total. The van der Waals surface area contributed by atoms with Crippen LogP contribution in [0.2, 0.25) is 0 Å². The van der Waals surface area contributed by atoms with Crippen molar-refractivity contribution < 1.29 is 23.8 Å². The summed E-state index contributed by atoms with van der Waals surface area (Å²) in [5.74, 6) is -2.42. The highest BCUT2D eigenvalue weighted by Crippen LogP contribution is 2.26. The molecule has 0 heterocycles. The van der Waals surface area contributed by atoms with Gasteiger partial charge in [0, 0.05) is 10.0 Å². The minimum absolute atomic E-state index is 0.0600. The first-order chi connectivity index (χ1) is 12.4. The largest absolute Gasteiger partial charge is 0.481 e. The van der Waals surface area contributed by atoms with Crippen LogP contribution in [0.5, 0.6) is 5.75 Å². The summed E-state index contributed by atoms with van der Waals surface area (Å²) in [6.07, 6.45) is 1.23. The normalized spacial score (nSPS) is 10.7. The summed E-state index contributed by atoms with van der Waals surface area (Å²) in [5.41, 5.74) is -0.0392. The number of ether oxygens (including phenoxy) is 1. The van der Waals surface area contributed by atoms with Crippen molar-refractivity contribution in [1.82, 2.24) is 0 Å². The molecular formula is C18H12BrFN2O4. The molecule has 0 aliphatic carbocycles. The second kappa shape index (κ2) is 8.78. The van der Waals surface area contributed by atoms with Gasteiger partial charge in [-0.15, -0.1) is 0 Å². The lowest BCUT2D eigenvalue weighted by Crippen LogP contribution is -2.14. The third-order valence-electron chi connectivity index (χ3n) is 3.11. The molecule has 0 aliphatic heterocycles. The van der Waals surface area contributed by atoms with Gasteiger partial charge in [-0.25, -0.2) is 9.18 Å². The lowest BCUT2D eigenvalue weighted by molar-refractivity contribution is -0.139. The number of rotatable bonds is 6. The molecule has 2 N–H and O–H groups in total. The minimum atomic E-state index is -1.17. The number of aliphatic carboxylic acids is 1. The maximum atomic E-state index is 13.6. The average molecular weight is 419 g/mol. The van der Waals surface area contributed by atoms with E-state index in [1.165, 1.54) is 30.3 Å². The molecule has 0 atom stereocenters. The molecule has 0 unspecified atom stereocenters. The number of carboxylic acids is 1. The van der Waals surface area contributed by atoms with Gasteiger partial charge < -0.3 is 15.2 Å². The van der Waals surface area contributed by atoms with Crippen LogP contribution < -0.4 is 10.1 Å². The molecule has 2 aromatic carbocycles. The van der Waals surface area contributed by atoms with E-state index < -0.39 is 24.3 Å². The molecular weight excluding hydrogens is 407 g/mol. The highest BCUT2D eigenvalue weighted by Gasteiger charge is 2.14. The number of nitrogens with one attached hydrogen (secondary N) is 1. The van der Waals surface area contributed by atoms with E-state index in [0.29, 0.717) is 10.0 Å². The number of para-hydroxylation sites is 1. The Kier molecular flexibility index (Phi) is 6.47. The third-order valence-corrected chi connectivity index (χ3v) is 3.60. The number of carbonyl (C=O) groups excluding carboxylic acids is 1. The molecule has 0 saturated carbocycles. The molecule has 2 rings (SSSR count). The fraction of sp³-hybridized carbons (Fsp3) is 0.0556. The van der Waals surface area contributed by atoms with Crippen molar-refractivity contribution in [2.24, 2.45) is 0 Å². The minimum Gasteiger partial charge on any atom is -0.481 e. The van der Waals surface area contributed by atoms with Crippen molar-refractivity contribution in [3.8, 4) is 11.8 Å². The van der Waals surface area contributed by atoms with Crippen molar-refractivity contribution in [2.75, 3.05) is 11.9 Å². The number of hydrogen-bond donors (Lipinski definition) is 2. The number of carbonyl (C=O) groups is 2. The smallest absolute Gasteiger partial charge is 0.341 e. The van der Waals surface area contributed by atoms with E-state index in [1.54, 1.807) is 24.3 Å². The molecule has 132 valence electrons. The van der Waals surface area contributed by atoms with E-state index in [0.717, 1.165) is 0 Å². The molecule has 26 heavy (non-hydrogen) atoms. The summed E-state index contributed by atoms with van der Waals surface area (Å²) >= 11 is 3.25. The monoisotopic (exact) mass is 418 g/mol. The molecule has 0 saturated heterocycles. The van der Waals surface area contributed by atoms with Gasteiger partial charge in [-0.3, -0.25) is 4.79 Å². The van der Waals surface area contributed by atoms with Crippen LogP contribution in [0, 0.1) is 17.1 Å². The zero-order valence-electron chi connectivity index (χ0n) is 13.2. The number of carboxylic acid groups (broad SMARTS) is 1. The first-order valence-corrected chi connectivity index (χ1v) is 8.02. The van der Waals surface area contributed by atoms with Gasteiger partial charge in [0.25, 0.3) is 5.91 Å². The van der Waals surface area contributed by atoms with Crippen LogP contribution in [-0.2, 0) is 9.59 Å². The van der Waals surface area contributed by atoms with Gasteiger partial charge in [-0.05, 0) is 36.4 Å². The Morgan fingerprint density at radius 1 is 1.31 bits per heavy atom. The Labute approximate surface area is 156 Å². The SMILES string of the molecule is N#C/C(=C/c1cc(Br)ccc1OCC(=O)O)C(=O)Nc1ccccc1F. The van der Waals surface area contributed by atoms with E-state index in [2.05, 4.69) is 21.2 Å². The summed E-state index contributed by atoms with van der Waals surface area (Å²) in [6, 6.07) is 12.0. The van der Waals surface area contributed by atoms with Crippen LogP contribution >= 0.6 is 15.9 Å². The van der Waals surface area contributed by atoms with E-state index in [4.69, 9.17) is 9.84 Å². The second-order valence-corrected chi connectivity index (χ2v) is 5.88. The maximum absolute atomic E-state index is 13.6. The summed E-state index contributed by atoms with van der Waals surface area (Å²) in [6.45, 7) is -0.578. The van der Waals surface area contributed by atoms with Crippen LogP contribution in [0.3, 0.4) is 0 Å². The molecule has 8 heteroatoms. The van der Waals surface area contributed by atoms with Gasteiger partial charge in [-0.2, -0.15) is 5.26 Å². The fourth-order valence-corrected chi connectivity index (χ4v) is 2.34. The zero-order valence-corrected chi connectivity index (χ0v) is 14.8. The van der Waals surface area contributed by atoms with Crippen LogP contribution in [0.15, 0.2) is 52.5 Å². The number of halogens is 2. The number of amides is 1. The standard InChI is InChI=1S/C18H12BrFN2O4/c19-13-5-6-16(26-10-17(23)24)11(8-13)7-12(9-21)18(25)22-15-4-2-1-3-14(15)20/h1-8H,10H2,(H,22,25)(H,23,24)/b12-7-. The van der Waals surface area contributed by atoms with Gasteiger partial charge in [0.1, 0.15) is 23.2 Å². The van der Waals surface area contributed by atoms with Crippen LogP contribution in [0.25, 0.3) is 6.08 Å². The molecule has 0 aromatic heterocycles. The Morgan fingerprint density at radius 3 is 2.69 bits per heavy atom. The Bertz CT molecular complexity index is 922. The summed E-state index contributed by atoms with van der Waals surface area (Å²) in [5, 5.41) is 20.3. The molecule has 0 spiro atoms. The zero-order chi connectivity index (χ0) is 19.1. The van der Waals surface area contributed by atoms with E-state index >= 15 is 0 Å². The van der Waals surface area contributed by atoms with Crippen molar-refractivity contribution in [1.29, 1.82) is 5.26 Å². The van der Waals surface area contributed by atoms with Gasteiger partial charge in [-0.1, -0.05) is 28.1 Å². The predicted octanol–water partition coefficient (Wildman–Crippen LogP) is 3.60. The molecule has 2 aromatic rings.